The molecule has 35 heavy (non-hydrogen) atoms. The minimum absolute atomic E-state index is 0.471. The van der Waals surface area contributed by atoms with Crippen LogP contribution < -0.4 is 4.74 Å². The molecular weight excluding hydrogens is 552 g/mol. The van der Waals surface area contributed by atoms with Crippen LogP contribution in [0.15, 0.2) is 0 Å². The van der Waals surface area contributed by atoms with Gasteiger partial charge in [0, 0.05) is 33.1 Å². The number of esters is 3. The first-order valence-corrected chi connectivity index (χ1v) is 10.9. The van der Waals surface area contributed by atoms with Crippen molar-refractivity contribution in [3.05, 3.63) is 28.8 Å². The van der Waals surface area contributed by atoms with Crippen molar-refractivity contribution in [2.45, 2.75) is 50.5 Å². The van der Waals surface area contributed by atoms with E-state index in [1.165, 1.54) is 0 Å². The van der Waals surface area contributed by atoms with Gasteiger partial charge in [0.1, 0.15) is 29.9 Å². The summed E-state index contributed by atoms with van der Waals surface area (Å²) in [5.41, 5.74) is -1.54. The van der Waals surface area contributed by atoms with Gasteiger partial charge >= 0.3 is 17.9 Å². The fourth-order valence-corrected chi connectivity index (χ4v) is 4.36. The van der Waals surface area contributed by atoms with Crippen molar-refractivity contribution in [1.82, 2.24) is 0 Å². The zero-order valence-corrected chi connectivity index (χ0v) is 20.5. The van der Waals surface area contributed by atoms with Crippen LogP contribution in [0.1, 0.15) is 37.6 Å². The molecule has 1 fully saturated rings. The van der Waals surface area contributed by atoms with Crippen molar-refractivity contribution in [3.8, 4) is 5.75 Å². The molecule has 2 unspecified atom stereocenters. The smallest absolute Gasteiger partial charge is 0.303 e. The number of alkyl halides is 1. The molecule has 0 amide bonds. The summed E-state index contributed by atoms with van der Waals surface area (Å²) in [4.78, 5) is 47.6. The Hall–Kier alpha value is -2.74. The molecule has 0 N–H and O–H groups in total. The van der Waals surface area contributed by atoms with Gasteiger partial charge in [-0.2, -0.15) is 8.78 Å². The zero-order valence-electron chi connectivity index (χ0n) is 18.9. The summed E-state index contributed by atoms with van der Waals surface area (Å²) in [6.45, 7) is 2.66. The highest BCUT2D eigenvalue weighted by molar-refractivity contribution is 9.09. The van der Waals surface area contributed by atoms with Crippen LogP contribution in [0.3, 0.4) is 0 Å². The van der Waals surface area contributed by atoms with E-state index in [1.807, 2.05) is 0 Å². The number of ketones is 1. The molecule has 194 valence electrons. The number of hydrogen-bond acceptors (Lipinski definition) is 9. The third kappa shape index (κ3) is 6.48. The summed E-state index contributed by atoms with van der Waals surface area (Å²) in [6.07, 6.45) is -4.94. The fraction of sp³-hybridized carbons (Fsp3) is 0.524. The summed E-state index contributed by atoms with van der Waals surface area (Å²) in [5, 5.41) is -1.16. The molecule has 0 spiro atoms. The van der Waals surface area contributed by atoms with Crippen LogP contribution in [0, 0.1) is 29.2 Å². The van der Waals surface area contributed by atoms with Crippen LogP contribution in [0.25, 0.3) is 0 Å². The summed E-state index contributed by atoms with van der Waals surface area (Å²) in [6, 6.07) is 0. The van der Waals surface area contributed by atoms with Crippen molar-refractivity contribution in [2.75, 3.05) is 13.7 Å². The van der Waals surface area contributed by atoms with Crippen molar-refractivity contribution in [3.63, 3.8) is 0 Å². The Balaban J connectivity index is 2.55. The zero-order chi connectivity index (χ0) is 26.6. The average Bonchev–Trinajstić information content (AvgIpc) is 2.75. The van der Waals surface area contributed by atoms with Crippen LogP contribution in [0.5, 0.6) is 5.75 Å². The Kier molecular flexibility index (Phi) is 9.60. The lowest BCUT2D eigenvalue weighted by atomic mass is 9.84. The monoisotopic (exact) mass is 572 g/mol. The van der Waals surface area contributed by atoms with Gasteiger partial charge in [-0.15, -0.1) is 0 Å². The predicted octanol–water partition coefficient (Wildman–Crippen LogP) is 2.99. The first kappa shape index (κ1) is 28.5. The highest BCUT2D eigenvalue weighted by atomic mass is 79.9. The standard InChI is InChI=1S/C21H21BrF4O9/c1-7(27)32-6-12-18(33-8(2)28)10(19(21(22)35-12)34-9(3)29)5-11(30)13-14(23)16(25)20(31-4)17(26)15(13)24/h10,12,18-19,21H,5-6H2,1-4H3/t10-,12?,18+,19?,21+/m0/s1. The topological polar surface area (TPSA) is 114 Å². The maximum Gasteiger partial charge on any atom is 0.303 e. The van der Waals surface area contributed by atoms with Crippen molar-refractivity contribution in [2.24, 2.45) is 5.92 Å². The van der Waals surface area contributed by atoms with Gasteiger partial charge in [-0.3, -0.25) is 19.2 Å². The number of methoxy groups -OCH3 is 1. The molecule has 1 aromatic rings. The summed E-state index contributed by atoms with van der Waals surface area (Å²) >= 11 is 3.11. The van der Waals surface area contributed by atoms with E-state index in [4.69, 9.17) is 18.9 Å². The molecule has 0 saturated carbocycles. The van der Waals surface area contributed by atoms with Gasteiger partial charge in [0.2, 0.25) is 11.6 Å². The maximum atomic E-state index is 14.5. The fourth-order valence-electron chi connectivity index (χ4n) is 3.58. The number of halogens is 5. The summed E-state index contributed by atoms with van der Waals surface area (Å²) in [5.74, 6) is -14.5. The van der Waals surface area contributed by atoms with Crippen LogP contribution in [0.4, 0.5) is 17.6 Å². The minimum atomic E-state index is -2.00. The number of rotatable bonds is 8. The molecule has 1 saturated heterocycles. The van der Waals surface area contributed by atoms with E-state index in [9.17, 15) is 36.7 Å². The number of carbonyl (C=O) groups is 4. The van der Waals surface area contributed by atoms with Crippen molar-refractivity contribution >= 4 is 39.6 Å². The molecule has 0 aliphatic carbocycles. The Morgan fingerprint density at radius 1 is 0.857 bits per heavy atom. The number of hydrogen-bond donors (Lipinski definition) is 0. The first-order valence-electron chi connectivity index (χ1n) is 10.0. The second-order valence-electron chi connectivity index (χ2n) is 7.43. The highest BCUT2D eigenvalue weighted by Crippen LogP contribution is 2.38. The van der Waals surface area contributed by atoms with Crippen LogP contribution in [0.2, 0.25) is 0 Å². The van der Waals surface area contributed by atoms with Crippen LogP contribution >= 0.6 is 15.9 Å². The van der Waals surface area contributed by atoms with E-state index in [0.717, 1.165) is 27.9 Å². The van der Waals surface area contributed by atoms with Crippen LogP contribution in [-0.2, 0) is 33.3 Å². The minimum Gasteiger partial charge on any atom is -0.491 e. The second-order valence-corrected chi connectivity index (χ2v) is 8.33. The highest BCUT2D eigenvalue weighted by Gasteiger charge is 2.50. The van der Waals surface area contributed by atoms with E-state index < -0.39 is 101 Å². The molecule has 0 bridgehead atoms. The Morgan fingerprint density at radius 3 is 1.83 bits per heavy atom. The van der Waals surface area contributed by atoms with Crippen molar-refractivity contribution in [1.29, 1.82) is 0 Å². The normalized spacial score (nSPS) is 23.9. The lowest BCUT2D eigenvalue weighted by molar-refractivity contribution is -0.212. The number of carbonyl (C=O) groups excluding carboxylic acids is 4. The Morgan fingerprint density at radius 2 is 1.37 bits per heavy atom. The molecule has 1 aromatic carbocycles. The SMILES string of the molecule is COc1c(F)c(F)c(C(=O)C[C@@H]2C(OC(C)=O)[C@H](Br)OC(COC(C)=O)[C@@H]2OC(C)=O)c(F)c1F. The molecule has 5 atom stereocenters. The third-order valence-corrected chi connectivity index (χ3v) is 5.69. The predicted molar refractivity (Wildman–Crippen MR) is 111 cm³/mol. The Labute approximate surface area is 205 Å². The van der Waals surface area contributed by atoms with Gasteiger partial charge in [0.25, 0.3) is 0 Å². The maximum absolute atomic E-state index is 14.5. The third-order valence-electron chi connectivity index (χ3n) is 4.96. The van der Waals surface area contributed by atoms with E-state index in [0.29, 0.717) is 0 Å². The Bertz CT molecular complexity index is 990. The lowest BCUT2D eigenvalue weighted by Crippen LogP contribution is -2.57. The first-order chi connectivity index (χ1) is 16.3. The molecule has 0 radical (unpaired) electrons. The number of Topliss-reactive ketones (excluding diaryl/α,β-unsaturated/α-hetero) is 1. The van der Waals surface area contributed by atoms with Gasteiger partial charge in [-0.25, -0.2) is 8.78 Å². The lowest BCUT2D eigenvalue weighted by Gasteiger charge is -2.43. The van der Waals surface area contributed by atoms with Crippen LogP contribution in [-0.4, -0.2) is 60.7 Å². The molecule has 14 heteroatoms. The molecule has 0 aromatic heterocycles. The van der Waals surface area contributed by atoms with E-state index in [2.05, 4.69) is 20.7 Å². The van der Waals surface area contributed by atoms with Crippen molar-refractivity contribution < 1.29 is 60.4 Å². The molecule has 2 rings (SSSR count). The summed E-state index contributed by atoms with van der Waals surface area (Å²) in [7, 11) is 0.774. The molecule has 9 nitrogen and oxygen atoms in total. The number of benzene rings is 1. The van der Waals surface area contributed by atoms with Gasteiger partial charge in [-0.05, 0) is 0 Å². The molecular formula is C21H21BrF4O9. The molecule has 1 aliphatic heterocycles. The van der Waals surface area contributed by atoms with Gasteiger partial charge in [-0.1, -0.05) is 15.9 Å². The van der Waals surface area contributed by atoms with Gasteiger partial charge in [0.15, 0.2) is 23.2 Å². The molecule has 1 aliphatic rings. The van der Waals surface area contributed by atoms with E-state index in [1.54, 1.807) is 0 Å². The van der Waals surface area contributed by atoms with E-state index >= 15 is 0 Å². The average molecular weight is 573 g/mol. The summed E-state index contributed by atoms with van der Waals surface area (Å²) < 4.78 is 82.5. The van der Waals surface area contributed by atoms with Gasteiger partial charge in [0.05, 0.1) is 12.7 Å². The van der Waals surface area contributed by atoms with Gasteiger partial charge < -0.3 is 23.7 Å². The molecule has 1 heterocycles. The number of ether oxygens (including phenoxy) is 5. The second kappa shape index (κ2) is 11.8. The van der Waals surface area contributed by atoms with E-state index in [-0.39, 0.29) is 0 Å². The quantitative estimate of drug-likeness (QED) is 0.116. The largest absolute Gasteiger partial charge is 0.491 e.